The summed E-state index contributed by atoms with van der Waals surface area (Å²) in [6, 6.07) is 10.2. The second-order valence-electron chi connectivity index (χ2n) is 4.96. The van der Waals surface area contributed by atoms with Crippen molar-refractivity contribution < 1.29 is 31.5 Å². The first kappa shape index (κ1) is 18.5. The van der Waals surface area contributed by atoms with E-state index in [9.17, 15) is 26.4 Å². The van der Waals surface area contributed by atoms with E-state index >= 15 is 0 Å². The normalized spacial score (nSPS) is 12.3. The van der Waals surface area contributed by atoms with Crippen molar-refractivity contribution in [1.29, 1.82) is 0 Å². The predicted molar refractivity (Wildman–Crippen MR) is 86.4 cm³/mol. The zero-order chi connectivity index (χ0) is 18.7. The molecule has 0 spiro atoms. The zero-order valence-electron chi connectivity index (χ0n) is 12.5. The number of aromatic carboxylic acids is 1. The predicted octanol–water partition coefficient (Wildman–Crippen LogP) is 3.82. The maximum Gasteiger partial charge on any atom is 0.416 e. The Labute approximate surface area is 141 Å². The molecule has 5 nitrogen and oxygen atoms in total. The molecule has 0 amide bonds. The van der Waals surface area contributed by atoms with Gasteiger partial charge in [0.25, 0.3) is 10.0 Å². The molecule has 2 N–H and O–H groups in total. The number of anilines is 1. The van der Waals surface area contributed by atoms with E-state index in [4.69, 9.17) is 5.11 Å². The SMILES string of the molecule is O=C(O)c1cc(NS(=O)(=O)C=Cc2ccccc2)cc(C(F)(F)F)c1. The summed E-state index contributed by atoms with van der Waals surface area (Å²) in [5.74, 6) is -1.61. The fourth-order valence-electron chi connectivity index (χ4n) is 1.90. The van der Waals surface area contributed by atoms with E-state index in [1.165, 1.54) is 6.08 Å². The molecule has 0 aromatic heterocycles. The van der Waals surface area contributed by atoms with Gasteiger partial charge in [-0.3, -0.25) is 4.72 Å². The molecule has 0 radical (unpaired) electrons. The molecule has 0 saturated heterocycles. The van der Waals surface area contributed by atoms with Crippen molar-refractivity contribution in [3.63, 3.8) is 0 Å². The molecule has 0 heterocycles. The first-order valence-electron chi connectivity index (χ1n) is 6.78. The molecule has 132 valence electrons. The molecule has 2 aromatic rings. The molecule has 9 heteroatoms. The number of nitrogens with one attached hydrogen (secondary N) is 1. The van der Waals surface area contributed by atoms with Gasteiger partial charge in [0.2, 0.25) is 0 Å². The molecule has 0 atom stereocenters. The lowest BCUT2D eigenvalue weighted by molar-refractivity contribution is -0.137. The number of carboxylic acid groups (broad SMARTS) is 1. The summed E-state index contributed by atoms with van der Waals surface area (Å²) in [5.41, 5.74) is -1.87. The van der Waals surface area contributed by atoms with E-state index in [1.807, 2.05) is 4.72 Å². The van der Waals surface area contributed by atoms with Crippen LogP contribution in [0.15, 0.2) is 53.9 Å². The molecule has 0 aliphatic rings. The van der Waals surface area contributed by atoms with Crippen LogP contribution in [0, 0.1) is 0 Å². The highest BCUT2D eigenvalue weighted by molar-refractivity contribution is 7.95. The van der Waals surface area contributed by atoms with Gasteiger partial charge in [0.15, 0.2) is 0 Å². The van der Waals surface area contributed by atoms with E-state index in [0.29, 0.717) is 17.7 Å². The van der Waals surface area contributed by atoms with Crippen LogP contribution < -0.4 is 4.72 Å². The fourth-order valence-corrected chi connectivity index (χ4v) is 2.75. The van der Waals surface area contributed by atoms with Gasteiger partial charge in [-0.1, -0.05) is 30.3 Å². The number of rotatable bonds is 5. The molecule has 0 aliphatic heterocycles. The Balaban J connectivity index is 2.33. The average Bonchev–Trinajstić information content (AvgIpc) is 2.52. The maximum atomic E-state index is 12.8. The monoisotopic (exact) mass is 371 g/mol. The highest BCUT2D eigenvalue weighted by atomic mass is 32.2. The van der Waals surface area contributed by atoms with Crippen LogP contribution in [0.3, 0.4) is 0 Å². The van der Waals surface area contributed by atoms with E-state index < -0.39 is 39.0 Å². The number of hydrogen-bond acceptors (Lipinski definition) is 3. The second-order valence-corrected chi connectivity index (χ2v) is 6.53. The van der Waals surface area contributed by atoms with Gasteiger partial charge in [-0.25, -0.2) is 13.2 Å². The van der Waals surface area contributed by atoms with Gasteiger partial charge >= 0.3 is 12.1 Å². The van der Waals surface area contributed by atoms with Crippen molar-refractivity contribution in [3.8, 4) is 0 Å². The average molecular weight is 371 g/mol. The Bertz CT molecular complexity index is 907. The van der Waals surface area contributed by atoms with Gasteiger partial charge < -0.3 is 5.11 Å². The smallest absolute Gasteiger partial charge is 0.416 e. The van der Waals surface area contributed by atoms with Crippen LogP contribution >= 0.6 is 0 Å². The number of benzene rings is 2. The third-order valence-electron chi connectivity index (χ3n) is 3.01. The number of hydrogen-bond donors (Lipinski definition) is 2. The number of halogens is 3. The summed E-state index contributed by atoms with van der Waals surface area (Å²) in [4.78, 5) is 11.0. The molecule has 0 bridgehead atoms. The largest absolute Gasteiger partial charge is 0.478 e. The van der Waals surface area contributed by atoms with Crippen molar-refractivity contribution in [3.05, 3.63) is 70.6 Å². The minimum absolute atomic E-state index is 0.430. The third kappa shape index (κ3) is 5.35. The van der Waals surface area contributed by atoms with Gasteiger partial charge in [0, 0.05) is 0 Å². The van der Waals surface area contributed by atoms with E-state index in [-0.39, 0.29) is 0 Å². The van der Waals surface area contributed by atoms with Crippen molar-refractivity contribution in [2.24, 2.45) is 0 Å². The van der Waals surface area contributed by atoms with Crippen LogP contribution in [0.4, 0.5) is 18.9 Å². The lowest BCUT2D eigenvalue weighted by Gasteiger charge is -2.11. The molecule has 0 unspecified atom stereocenters. The number of sulfonamides is 1. The molecule has 2 rings (SSSR count). The summed E-state index contributed by atoms with van der Waals surface area (Å²) in [6.45, 7) is 0. The Morgan fingerprint density at radius 3 is 2.28 bits per heavy atom. The second kappa shape index (κ2) is 6.98. The summed E-state index contributed by atoms with van der Waals surface area (Å²) in [5, 5.41) is 9.67. The minimum atomic E-state index is -4.81. The molecular formula is C16H12F3NO4S. The van der Waals surface area contributed by atoms with Crippen LogP contribution in [0.2, 0.25) is 0 Å². The summed E-state index contributed by atoms with van der Waals surface area (Å²) in [7, 11) is -4.13. The summed E-state index contributed by atoms with van der Waals surface area (Å²) >= 11 is 0. The Hall–Kier alpha value is -2.81. The minimum Gasteiger partial charge on any atom is -0.478 e. The van der Waals surface area contributed by atoms with Gasteiger partial charge in [-0.2, -0.15) is 13.2 Å². The topological polar surface area (TPSA) is 83.5 Å². The Morgan fingerprint density at radius 1 is 1.08 bits per heavy atom. The Kier molecular flexibility index (Phi) is 5.17. The molecule has 2 aromatic carbocycles. The van der Waals surface area contributed by atoms with Crippen molar-refractivity contribution in [2.45, 2.75) is 6.18 Å². The van der Waals surface area contributed by atoms with Gasteiger partial charge in [-0.05, 0) is 29.8 Å². The van der Waals surface area contributed by atoms with Crippen molar-refractivity contribution in [1.82, 2.24) is 0 Å². The zero-order valence-corrected chi connectivity index (χ0v) is 13.3. The maximum absolute atomic E-state index is 12.8. The van der Waals surface area contributed by atoms with Gasteiger partial charge in [0.05, 0.1) is 22.2 Å². The van der Waals surface area contributed by atoms with Crippen LogP contribution in [0.5, 0.6) is 0 Å². The lowest BCUT2D eigenvalue weighted by Crippen LogP contribution is -2.13. The molecule has 0 aliphatic carbocycles. The molecular weight excluding hydrogens is 359 g/mol. The Morgan fingerprint density at radius 2 is 1.72 bits per heavy atom. The number of carbonyl (C=O) groups is 1. The highest BCUT2D eigenvalue weighted by Gasteiger charge is 2.32. The molecule has 25 heavy (non-hydrogen) atoms. The van der Waals surface area contributed by atoms with E-state index in [2.05, 4.69) is 0 Å². The van der Waals surface area contributed by atoms with Crippen LogP contribution in [0.25, 0.3) is 6.08 Å². The van der Waals surface area contributed by atoms with Gasteiger partial charge in [0.1, 0.15) is 0 Å². The lowest BCUT2D eigenvalue weighted by atomic mass is 10.1. The summed E-state index contributed by atoms with van der Waals surface area (Å²) in [6.07, 6.45) is -3.56. The van der Waals surface area contributed by atoms with Crippen LogP contribution in [-0.4, -0.2) is 19.5 Å². The standard InChI is InChI=1S/C16H12F3NO4S/c17-16(18,19)13-8-12(15(21)22)9-14(10-13)20-25(23,24)7-6-11-4-2-1-3-5-11/h1-10,20H,(H,21,22). The van der Waals surface area contributed by atoms with Crippen LogP contribution in [-0.2, 0) is 16.2 Å². The highest BCUT2D eigenvalue weighted by Crippen LogP contribution is 2.32. The quantitative estimate of drug-likeness (QED) is 0.837. The van der Waals surface area contributed by atoms with Crippen molar-refractivity contribution in [2.75, 3.05) is 4.72 Å². The number of alkyl halides is 3. The van der Waals surface area contributed by atoms with Gasteiger partial charge in [-0.15, -0.1) is 0 Å². The third-order valence-corrected chi connectivity index (χ3v) is 4.02. The summed E-state index contributed by atoms with van der Waals surface area (Å²) < 4.78 is 64.4. The molecule has 0 fully saturated rings. The number of carboxylic acids is 1. The van der Waals surface area contributed by atoms with Crippen LogP contribution in [0.1, 0.15) is 21.5 Å². The van der Waals surface area contributed by atoms with E-state index in [1.54, 1.807) is 30.3 Å². The first-order valence-corrected chi connectivity index (χ1v) is 8.33. The molecule has 0 saturated carbocycles. The first-order chi connectivity index (χ1) is 11.6. The van der Waals surface area contributed by atoms with E-state index in [0.717, 1.165) is 11.5 Å². The van der Waals surface area contributed by atoms with Crippen molar-refractivity contribution >= 4 is 27.8 Å². The fraction of sp³-hybridized carbons (Fsp3) is 0.0625.